The van der Waals surface area contributed by atoms with E-state index in [1.54, 1.807) is 0 Å². The number of hydrogen-bond acceptors (Lipinski definition) is 8. The Balaban J connectivity index is 1.42. The molecule has 0 radical (unpaired) electrons. The number of nitrogens with one attached hydrogen (secondary N) is 2. The summed E-state index contributed by atoms with van der Waals surface area (Å²) in [6.07, 6.45) is 0. The van der Waals surface area contributed by atoms with Gasteiger partial charge in [-0.25, -0.2) is 9.97 Å². The first kappa shape index (κ1) is 18.0. The van der Waals surface area contributed by atoms with Crippen LogP contribution < -0.4 is 18.9 Å². The second kappa shape index (κ2) is 8.11. The number of para-hydroxylation sites is 4. The van der Waals surface area contributed by atoms with Gasteiger partial charge in [-0.1, -0.05) is 24.3 Å². The third kappa shape index (κ3) is 4.02. The summed E-state index contributed by atoms with van der Waals surface area (Å²) >= 11 is 0. The summed E-state index contributed by atoms with van der Waals surface area (Å²) in [6.45, 7) is 0.780. The zero-order valence-corrected chi connectivity index (χ0v) is 15.9. The molecule has 0 atom stereocenters. The average Bonchev–Trinajstić information content (AvgIpc) is 3.43. The van der Waals surface area contributed by atoms with Gasteiger partial charge >= 0.3 is 0 Å². The molecule has 4 bridgehead atoms. The minimum Gasteiger partial charge on any atom is -0.482 e. The van der Waals surface area contributed by atoms with E-state index in [1.165, 1.54) is 0 Å². The minimum absolute atomic E-state index is 0.184. The summed E-state index contributed by atoms with van der Waals surface area (Å²) < 4.78 is 23.4. The first-order valence-corrected chi connectivity index (χ1v) is 9.33. The maximum atomic E-state index is 5.86. The van der Waals surface area contributed by atoms with Crippen molar-refractivity contribution in [1.82, 2.24) is 30.4 Å². The fourth-order valence-electron chi connectivity index (χ4n) is 2.88. The normalized spacial score (nSPS) is 13.9. The lowest BCUT2D eigenvalue weighted by atomic mass is 10.3. The molecule has 0 amide bonds. The summed E-state index contributed by atoms with van der Waals surface area (Å²) in [5, 5.41) is 14.1. The summed E-state index contributed by atoms with van der Waals surface area (Å²) in [5.41, 5.74) is 0. The number of aromatic amines is 2. The van der Waals surface area contributed by atoms with Crippen molar-refractivity contribution in [2.45, 2.75) is 26.4 Å². The van der Waals surface area contributed by atoms with E-state index in [-0.39, 0.29) is 26.4 Å². The average molecular weight is 406 g/mol. The van der Waals surface area contributed by atoms with Gasteiger partial charge < -0.3 is 18.9 Å². The lowest BCUT2D eigenvalue weighted by Crippen LogP contribution is -2.04. The van der Waals surface area contributed by atoms with Gasteiger partial charge in [-0.2, -0.15) is 10.2 Å². The fourth-order valence-corrected chi connectivity index (χ4v) is 2.88. The Morgan fingerprint density at radius 2 is 0.900 bits per heavy atom. The number of ether oxygens (including phenoxy) is 4. The first-order chi connectivity index (χ1) is 14.8. The van der Waals surface area contributed by atoms with Crippen LogP contribution >= 0.6 is 0 Å². The molecule has 3 heterocycles. The number of hydrogen-bond donors (Lipinski definition) is 2. The van der Waals surface area contributed by atoms with Gasteiger partial charge in [0, 0.05) is 0 Å². The molecule has 4 aromatic rings. The third-order valence-corrected chi connectivity index (χ3v) is 4.30. The van der Waals surface area contributed by atoms with Gasteiger partial charge in [0.15, 0.2) is 46.3 Å². The maximum absolute atomic E-state index is 5.86. The molecule has 0 spiro atoms. The van der Waals surface area contributed by atoms with Crippen LogP contribution in [0.25, 0.3) is 0 Å². The van der Waals surface area contributed by atoms with Crippen LogP contribution in [0.5, 0.6) is 23.0 Å². The van der Waals surface area contributed by atoms with Crippen molar-refractivity contribution in [2.75, 3.05) is 0 Å². The van der Waals surface area contributed by atoms with E-state index in [9.17, 15) is 0 Å². The Hall–Kier alpha value is -4.08. The van der Waals surface area contributed by atoms with Gasteiger partial charge in [-0.15, -0.1) is 0 Å². The maximum Gasteiger partial charge on any atom is 0.188 e. The lowest BCUT2D eigenvalue weighted by Gasteiger charge is -2.11. The highest BCUT2D eigenvalue weighted by Gasteiger charge is 2.13. The van der Waals surface area contributed by atoms with Crippen LogP contribution in [-0.4, -0.2) is 30.4 Å². The van der Waals surface area contributed by atoms with Crippen molar-refractivity contribution in [1.29, 1.82) is 0 Å². The molecule has 0 saturated heterocycles. The molecule has 2 aromatic heterocycles. The number of benzene rings is 2. The smallest absolute Gasteiger partial charge is 0.188 e. The Morgan fingerprint density at radius 3 is 1.30 bits per heavy atom. The molecule has 1 aliphatic heterocycles. The molecule has 5 rings (SSSR count). The Kier molecular flexibility index (Phi) is 4.86. The van der Waals surface area contributed by atoms with Crippen LogP contribution in [0.3, 0.4) is 0 Å². The second-order valence-corrected chi connectivity index (χ2v) is 6.44. The van der Waals surface area contributed by atoms with Crippen molar-refractivity contribution in [2.24, 2.45) is 0 Å². The van der Waals surface area contributed by atoms with Gasteiger partial charge in [-0.3, -0.25) is 10.2 Å². The number of fused-ring (bicyclic) bond motifs is 6. The Bertz CT molecular complexity index is 969. The molecule has 0 aliphatic carbocycles. The topological polar surface area (TPSA) is 120 Å². The summed E-state index contributed by atoms with van der Waals surface area (Å²) in [5.74, 6) is 4.50. The van der Waals surface area contributed by atoms with Gasteiger partial charge in [0.1, 0.15) is 26.4 Å². The zero-order chi connectivity index (χ0) is 20.2. The molecule has 0 unspecified atom stereocenters. The third-order valence-electron chi connectivity index (χ3n) is 4.30. The van der Waals surface area contributed by atoms with Gasteiger partial charge in [0.25, 0.3) is 0 Å². The fraction of sp³-hybridized carbons (Fsp3) is 0.200. The van der Waals surface area contributed by atoms with Crippen molar-refractivity contribution >= 4 is 0 Å². The van der Waals surface area contributed by atoms with Gasteiger partial charge in [0.05, 0.1) is 0 Å². The van der Waals surface area contributed by atoms with E-state index in [0.29, 0.717) is 46.3 Å². The zero-order valence-electron chi connectivity index (χ0n) is 15.9. The van der Waals surface area contributed by atoms with Crippen LogP contribution in [0, 0.1) is 0 Å². The van der Waals surface area contributed by atoms with Crippen LogP contribution in [0.15, 0.2) is 48.5 Å². The number of H-pyrrole nitrogens is 2. The molecule has 0 saturated carbocycles. The highest BCUT2D eigenvalue weighted by atomic mass is 16.5. The second-order valence-electron chi connectivity index (χ2n) is 6.44. The molecule has 10 heteroatoms. The van der Waals surface area contributed by atoms with Crippen LogP contribution in [0.1, 0.15) is 23.3 Å². The molecule has 0 fully saturated rings. The van der Waals surface area contributed by atoms with E-state index < -0.39 is 0 Å². The summed E-state index contributed by atoms with van der Waals surface area (Å²) in [6, 6.07) is 14.8. The summed E-state index contributed by atoms with van der Waals surface area (Å²) in [4.78, 5) is 8.81. The van der Waals surface area contributed by atoms with Crippen molar-refractivity contribution in [3.63, 3.8) is 0 Å². The molecular formula is C20H18N6O4. The van der Waals surface area contributed by atoms with Crippen molar-refractivity contribution in [3.05, 3.63) is 71.8 Å². The van der Waals surface area contributed by atoms with Crippen LogP contribution in [-0.2, 0) is 26.4 Å². The Labute approximate surface area is 171 Å². The first-order valence-electron chi connectivity index (χ1n) is 9.33. The molecule has 2 N–H and O–H groups in total. The van der Waals surface area contributed by atoms with Crippen LogP contribution in [0.4, 0.5) is 0 Å². The van der Waals surface area contributed by atoms with Crippen LogP contribution in [0.2, 0.25) is 0 Å². The van der Waals surface area contributed by atoms with E-state index >= 15 is 0 Å². The standard InChI is InChI=1S/C20H18N6O4/c1-2-6-14-13(5-1)27-9-17-21-19(25-23-17)11-29-15-7-3-4-8-16(15)30-12-20-22-18(10-28-14)24-26-20/h1-8H,9-12H2,(H,21,23,25)(H,22,24,26). The van der Waals surface area contributed by atoms with E-state index in [1.807, 2.05) is 48.5 Å². The van der Waals surface area contributed by atoms with E-state index in [2.05, 4.69) is 30.4 Å². The quantitative estimate of drug-likeness (QED) is 0.457. The SMILES string of the molecule is c1ccc2c(c1)OCc1n[nH]c(n1)COc1ccccc1OCc1n[nH]c(n1)CO2. The number of nitrogens with zero attached hydrogens (tertiary/aromatic N) is 4. The number of aromatic nitrogens is 6. The predicted molar refractivity (Wildman–Crippen MR) is 103 cm³/mol. The molecule has 30 heavy (non-hydrogen) atoms. The van der Waals surface area contributed by atoms with Gasteiger partial charge in [-0.05, 0) is 24.3 Å². The number of rotatable bonds is 0. The highest BCUT2D eigenvalue weighted by molar-refractivity contribution is 5.40. The van der Waals surface area contributed by atoms with Crippen molar-refractivity contribution in [3.8, 4) is 23.0 Å². The highest BCUT2D eigenvalue weighted by Crippen LogP contribution is 2.29. The molecule has 1 aliphatic rings. The van der Waals surface area contributed by atoms with E-state index in [0.717, 1.165) is 0 Å². The summed E-state index contributed by atoms with van der Waals surface area (Å²) in [7, 11) is 0. The molecule has 10 nitrogen and oxygen atoms in total. The lowest BCUT2D eigenvalue weighted by molar-refractivity contribution is 0.242. The molecule has 152 valence electrons. The van der Waals surface area contributed by atoms with Crippen molar-refractivity contribution < 1.29 is 18.9 Å². The van der Waals surface area contributed by atoms with Gasteiger partial charge in [0.2, 0.25) is 0 Å². The Morgan fingerprint density at radius 1 is 0.533 bits per heavy atom. The molecular weight excluding hydrogens is 388 g/mol. The van der Waals surface area contributed by atoms with E-state index in [4.69, 9.17) is 18.9 Å². The monoisotopic (exact) mass is 406 g/mol. The predicted octanol–water partition coefficient (Wildman–Crippen LogP) is 2.55. The largest absolute Gasteiger partial charge is 0.482 e. The minimum atomic E-state index is 0.184. The molecule has 2 aromatic carbocycles.